The van der Waals surface area contributed by atoms with Gasteiger partial charge in [0.2, 0.25) is 0 Å². The van der Waals surface area contributed by atoms with E-state index in [0.717, 1.165) is 12.2 Å². The van der Waals surface area contributed by atoms with Crippen molar-refractivity contribution >= 4 is 5.69 Å². The van der Waals surface area contributed by atoms with Crippen molar-refractivity contribution in [3.8, 4) is 0 Å². The summed E-state index contributed by atoms with van der Waals surface area (Å²) in [5, 5.41) is 0. The van der Waals surface area contributed by atoms with E-state index in [1.165, 1.54) is 56.8 Å². The second-order valence-electron chi connectivity index (χ2n) is 7.59. The van der Waals surface area contributed by atoms with Gasteiger partial charge in [-0.15, -0.1) is 0 Å². The molecule has 2 aliphatic heterocycles. The Kier molecular flexibility index (Phi) is 4.28. The number of aryl methyl sites for hydroxylation is 1. The minimum absolute atomic E-state index is 0.470. The molecule has 2 saturated heterocycles. The van der Waals surface area contributed by atoms with Gasteiger partial charge >= 0.3 is 0 Å². The standard InChI is InChI=1S/C21H27N3/c1-18-7-5-8-19(22-18)15-23-13-6-11-21(16-23)12-14-24(17-21)20-9-3-2-4-10-20/h2-5,7-10H,6,11-17H2,1H3/t21-/m0/s1. The van der Waals surface area contributed by atoms with Gasteiger partial charge in [-0.25, -0.2) is 0 Å². The number of hydrogen-bond donors (Lipinski definition) is 0. The molecule has 0 saturated carbocycles. The van der Waals surface area contributed by atoms with Crippen LogP contribution in [0.25, 0.3) is 0 Å². The van der Waals surface area contributed by atoms with Gasteiger partial charge in [0, 0.05) is 43.0 Å². The average Bonchev–Trinajstić information content (AvgIpc) is 2.99. The first-order chi connectivity index (χ1) is 11.7. The summed E-state index contributed by atoms with van der Waals surface area (Å²) in [4.78, 5) is 9.90. The Morgan fingerprint density at radius 2 is 1.83 bits per heavy atom. The molecule has 0 bridgehead atoms. The van der Waals surface area contributed by atoms with Crippen molar-refractivity contribution in [1.29, 1.82) is 0 Å². The second kappa shape index (κ2) is 6.56. The molecule has 0 amide bonds. The first-order valence-electron chi connectivity index (χ1n) is 9.17. The fourth-order valence-corrected chi connectivity index (χ4v) is 4.49. The molecule has 2 aromatic rings. The molecule has 3 heteroatoms. The third kappa shape index (κ3) is 3.32. The average molecular weight is 321 g/mol. The van der Waals surface area contributed by atoms with E-state index in [1.54, 1.807) is 0 Å². The second-order valence-corrected chi connectivity index (χ2v) is 7.59. The molecule has 0 aliphatic carbocycles. The summed E-state index contributed by atoms with van der Waals surface area (Å²) < 4.78 is 0. The van der Waals surface area contributed by atoms with Crippen LogP contribution in [-0.2, 0) is 6.54 Å². The molecule has 1 aromatic heterocycles. The highest BCUT2D eigenvalue weighted by molar-refractivity contribution is 5.47. The van der Waals surface area contributed by atoms with Crippen molar-refractivity contribution in [2.24, 2.45) is 5.41 Å². The van der Waals surface area contributed by atoms with E-state index < -0.39 is 0 Å². The molecule has 0 radical (unpaired) electrons. The summed E-state index contributed by atoms with van der Waals surface area (Å²) in [6, 6.07) is 17.3. The Hall–Kier alpha value is -1.87. The normalized spacial score (nSPS) is 24.6. The summed E-state index contributed by atoms with van der Waals surface area (Å²) in [5.41, 5.74) is 4.19. The number of aromatic nitrogens is 1. The van der Waals surface area contributed by atoms with Gasteiger partial charge in [-0.05, 0) is 57.0 Å². The van der Waals surface area contributed by atoms with E-state index in [4.69, 9.17) is 4.98 Å². The lowest BCUT2D eigenvalue weighted by Crippen LogP contribution is -2.44. The van der Waals surface area contributed by atoms with E-state index in [1.807, 2.05) is 0 Å². The number of likely N-dealkylation sites (tertiary alicyclic amines) is 1. The smallest absolute Gasteiger partial charge is 0.0547 e. The van der Waals surface area contributed by atoms with E-state index in [-0.39, 0.29) is 0 Å². The van der Waals surface area contributed by atoms with E-state index in [2.05, 4.69) is 65.3 Å². The van der Waals surface area contributed by atoms with Crippen molar-refractivity contribution < 1.29 is 0 Å². The van der Waals surface area contributed by atoms with Crippen LogP contribution in [0.3, 0.4) is 0 Å². The van der Waals surface area contributed by atoms with Crippen LogP contribution in [0.15, 0.2) is 48.5 Å². The SMILES string of the molecule is Cc1cccc(CN2CCC[C@]3(CCN(c4ccccc4)C3)C2)n1. The summed E-state index contributed by atoms with van der Waals surface area (Å²) in [5.74, 6) is 0. The number of rotatable bonds is 3. The van der Waals surface area contributed by atoms with Gasteiger partial charge in [0.25, 0.3) is 0 Å². The molecule has 3 heterocycles. The predicted molar refractivity (Wildman–Crippen MR) is 99.2 cm³/mol. The predicted octanol–water partition coefficient (Wildman–Crippen LogP) is 3.88. The largest absolute Gasteiger partial charge is 0.371 e. The van der Waals surface area contributed by atoms with E-state index in [9.17, 15) is 0 Å². The fourth-order valence-electron chi connectivity index (χ4n) is 4.49. The highest BCUT2D eigenvalue weighted by Crippen LogP contribution is 2.40. The summed E-state index contributed by atoms with van der Waals surface area (Å²) in [6.45, 7) is 7.90. The third-order valence-electron chi connectivity index (χ3n) is 5.63. The number of piperidine rings is 1. The Morgan fingerprint density at radius 3 is 2.67 bits per heavy atom. The Bertz CT molecular complexity index is 684. The van der Waals surface area contributed by atoms with Crippen LogP contribution in [0.1, 0.15) is 30.7 Å². The minimum Gasteiger partial charge on any atom is -0.371 e. The Balaban J connectivity index is 1.43. The van der Waals surface area contributed by atoms with Crippen molar-refractivity contribution in [3.05, 3.63) is 59.9 Å². The van der Waals surface area contributed by atoms with Gasteiger partial charge in [0.15, 0.2) is 0 Å². The maximum absolute atomic E-state index is 4.69. The number of nitrogens with zero attached hydrogens (tertiary/aromatic N) is 3. The molecular formula is C21H27N3. The van der Waals surface area contributed by atoms with Gasteiger partial charge in [-0.1, -0.05) is 24.3 Å². The molecule has 4 rings (SSSR count). The molecule has 1 aromatic carbocycles. The van der Waals surface area contributed by atoms with Crippen LogP contribution in [0.4, 0.5) is 5.69 Å². The van der Waals surface area contributed by atoms with Crippen LogP contribution < -0.4 is 4.90 Å². The summed E-state index contributed by atoms with van der Waals surface area (Å²) in [7, 11) is 0. The first kappa shape index (κ1) is 15.6. The van der Waals surface area contributed by atoms with Gasteiger partial charge in [-0.2, -0.15) is 0 Å². The lowest BCUT2D eigenvalue weighted by molar-refractivity contribution is 0.0981. The van der Waals surface area contributed by atoms with Gasteiger partial charge in [0.1, 0.15) is 0 Å². The maximum atomic E-state index is 4.69. The number of benzene rings is 1. The molecule has 1 spiro atoms. The van der Waals surface area contributed by atoms with Crippen molar-refractivity contribution in [1.82, 2.24) is 9.88 Å². The molecule has 24 heavy (non-hydrogen) atoms. The van der Waals surface area contributed by atoms with Crippen LogP contribution in [0.5, 0.6) is 0 Å². The summed E-state index contributed by atoms with van der Waals surface area (Å²) in [6.07, 6.45) is 4.00. The Labute approximate surface area is 145 Å². The van der Waals surface area contributed by atoms with Crippen molar-refractivity contribution in [3.63, 3.8) is 0 Å². The maximum Gasteiger partial charge on any atom is 0.0547 e. The molecule has 0 N–H and O–H groups in total. The highest BCUT2D eigenvalue weighted by atomic mass is 15.2. The van der Waals surface area contributed by atoms with Crippen LogP contribution in [-0.4, -0.2) is 36.1 Å². The quantitative estimate of drug-likeness (QED) is 0.855. The van der Waals surface area contributed by atoms with Gasteiger partial charge < -0.3 is 4.90 Å². The molecule has 0 unspecified atom stereocenters. The highest BCUT2D eigenvalue weighted by Gasteiger charge is 2.41. The lowest BCUT2D eigenvalue weighted by Gasteiger charge is -2.40. The molecule has 1 atom stereocenters. The lowest BCUT2D eigenvalue weighted by atomic mass is 9.79. The zero-order valence-electron chi connectivity index (χ0n) is 14.6. The molecule has 126 valence electrons. The fraction of sp³-hybridized carbons (Fsp3) is 0.476. The Morgan fingerprint density at radius 1 is 0.958 bits per heavy atom. The number of anilines is 1. The molecule has 3 nitrogen and oxygen atoms in total. The van der Waals surface area contributed by atoms with Crippen LogP contribution >= 0.6 is 0 Å². The minimum atomic E-state index is 0.470. The topological polar surface area (TPSA) is 19.4 Å². The van der Waals surface area contributed by atoms with Crippen molar-refractivity contribution in [2.45, 2.75) is 32.7 Å². The van der Waals surface area contributed by atoms with E-state index in [0.29, 0.717) is 5.41 Å². The zero-order valence-corrected chi connectivity index (χ0v) is 14.6. The first-order valence-corrected chi connectivity index (χ1v) is 9.17. The zero-order chi connectivity index (χ0) is 16.4. The van der Waals surface area contributed by atoms with Crippen LogP contribution in [0, 0.1) is 12.3 Å². The molecule has 2 aliphatic rings. The van der Waals surface area contributed by atoms with Gasteiger partial charge in [0.05, 0.1) is 5.69 Å². The third-order valence-corrected chi connectivity index (χ3v) is 5.63. The number of hydrogen-bond acceptors (Lipinski definition) is 3. The molecular weight excluding hydrogens is 294 g/mol. The molecule has 2 fully saturated rings. The monoisotopic (exact) mass is 321 g/mol. The summed E-state index contributed by atoms with van der Waals surface area (Å²) >= 11 is 0. The van der Waals surface area contributed by atoms with Crippen LogP contribution in [0.2, 0.25) is 0 Å². The number of pyridine rings is 1. The van der Waals surface area contributed by atoms with Crippen molar-refractivity contribution in [2.75, 3.05) is 31.1 Å². The van der Waals surface area contributed by atoms with Gasteiger partial charge in [-0.3, -0.25) is 9.88 Å². The number of para-hydroxylation sites is 1. The van der Waals surface area contributed by atoms with E-state index >= 15 is 0 Å².